The molecule has 286 valence electrons. The summed E-state index contributed by atoms with van der Waals surface area (Å²) in [6, 6.07) is 0. The second-order valence-electron chi connectivity index (χ2n) is 13.3. The second kappa shape index (κ2) is 36.0. The number of phosphoric ester groups is 1. The molecular weight excluding hydrogens is 631 g/mol. The van der Waals surface area contributed by atoms with E-state index in [1.165, 1.54) is 122 Å². The van der Waals surface area contributed by atoms with Crippen LogP contribution in [0.15, 0.2) is 12.2 Å². The Bertz CT molecular complexity index is 764. The van der Waals surface area contributed by atoms with E-state index in [-0.39, 0.29) is 25.6 Å². The summed E-state index contributed by atoms with van der Waals surface area (Å²) in [6.45, 7) is 3.47. The zero-order valence-electron chi connectivity index (χ0n) is 31.0. The van der Waals surface area contributed by atoms with Gasteiger partial charge in [0.1, 0.15) is 12.2 Å². The zero-order valence-corrected chi connectivity index (χ0v) is 31.9. The first-order valence-electron chi connectivity index (χ1n) is 19.7. The average Bonchev–Trinajstić information content (AvgIpc) is 3.07. The Kier molecular flexibility index (Phi) is 35.4. The Hall–Kier alpha value is -0.800. The molecular formula is C38H75O9P. The Morgan fingerprint density at radius 2 is 1.06 bits per heavy atom. The van der Waals surface area contributed by atoms with E-state index in [1.807, 2.05) is 0 Å². The average molecular weight is 707 g/mol. The summed E-state index contributed by atoms with van der Waals surface area (Å²) in [5.74, 6) is -0.388. The van der Waals surface area contributed by atoms with E-state index in [2.05, 4.69) is 26.0 Å². The van der Waals surface area contributed by atoms with Crippen molar-refractivity contribution in [3.63, 3.8) is 0 Å². The molecule has 0 aromatic carbocycles. The molecule has 0 saturated heterocycles. The lowest BCUT2D eigenvalue weighted by molar-refractivity contribution is -0.154. The summed E-state index contributed by atoms with van der Waals surface area (Å²) in [4.78, 5) is 22.3. The first-order chi connectivity index (χ1) is 23.3. The highest BCUT2D eigenvalue weighted by molar-refractivity contribution is 7.47. The third kappa shape index (κ3) is 35.0. The summed E-state index contributed by atoms with van der Waals surface area (Å²) in [5.41, 5.74) is 0. The van der Waals surface area contributed by atoms with Crippen LogP contribution in [0, 0.1) is 0 Å². The van der Waals surface area contributed by atoms with Crippen molar-refractivity contribution in [2.24, 2.45) is 0 Å². The lowest BCUT2D eigenvalue weighted by atomic mass is 10.1. The molecule has 0 aliphatic heterocycles. The predicted octanol–water partition coefficient (Wildman–Crippen LogP) is 10.1. The number of aliphatic hydroxyl groups is 2. The number of hydrogen-bond donors (Lipinski definition) is 3. The first kappa shape index (κ1) is 47.2. The monoisotopic (exact) mass is 707 g/mol. The number of carbonyl (C=O) groups excluding carboxylic acids is 1. The summed E-state index contributed by atoms with van der Waals surface area (Å²) in [5, 5.41) is 18.2. The van der Waals surface area contributed by atoms with E-state index >= 15 is 0 Å². The lowest BCUT2D eigenvalue weighted by Crippen LogP contribution is -2.29. The third-order valence-corrected chi connectivity index (χ3v) is 9.40. The van der Waals surface area contributed by atoms with Crippen molar-refractivity contribution >= 4 is 13.8 Å². The number of esters is 1. The van der Waals surface area contributed by atoms with Gasteiger partial charge in [-0.15, -0.1) is 0 Å². The number of carbonyl (C=O) groups is 1. The topological polar surface area (TPSA) is 132 Å². The van der Waals surface area contributed by atoms with Gasteiger partial charge in [0.2, 0.25) is 0 Å². The van der Waals surface area contributed by atoms with Gasteiger partial charge >= 0.3 is 13.8 Å². The number of aliphatic hydroxyl groups excluding tert-OH is 2. The Labute approximate surface area is 294 Å². The Morgan fingerprint density at radius 3 is 1.56 bits per heavy atom. The van der Waals surface area contributed by atoms with E-state index in [0.717, 1.165) is 38.5 Å². The van der Waals surface area contributed by atoms with Crippen LogP contribution in [0.5, 0.6) is 0 Å². The van der Waals surface area contributed by atoms with Crippen molar-refractivity contribution in [1.29, 1.82) is 0 Å². The summed E-state index contributed by atoms with van der Waals surface area (Å²) in [6.07, 6.45) is 33.4. The molecule has 10 heteroatoms. The van der Waals surface area contributed by atoms with Crippen LogP contribution in [0.4, 0.5) is 0 Å². The highest BCUT2D eigenvalue weighted by Crippen LogP contribution is 2.43. The predicted molar refractivity (Wildman–Crippen MR) is 196 cm³/mol. The molecule has 3 atom stereocenters. The molecule has 0 heterocycles. The van der Waals surface area contributed by atoms with Crippen LogP contribution in [0.1, 0.15) is 181 Å². The molecule has 0 saturated carbocycles. The van der Waals surface area contributed by atoms with E-state index in [1.54, 1.807) is 0 Å². The highest BCUT2D eigenvalue weighted by Gasteiger charge is 2.26. The fraction of sp³-hybridized carbons (Fsp3) is 0.921. The van der Waals surface area contributed by atoms with Crippen molar-refractivity contribution in [1.82, 2.24) is 0 Å². The van der Waals surface area contributed by atoms with E-state index in [9.17, 15) is 19.4 Å². The number of unbranched alkanes of at least 4 members (excludes halogenated alkanes) is 22. The van der Waals surface area contributed by atoms with Gasteiger partial charge in [0.25, 0.3) is 0 Å². The maximum Gasteiger partial charge on any atom is 0.472 e. The number of rotatable bonds is 38. The van der Waals surface area contributed by atoms with E-state index < -0.39 is 33.2 Å². The van der Waals surface area contributed by atoms with Crippen LogP contribution in [-0.2, 0) is 27.9 Å². The Morgan fingerprint density at radius 1 is 0.625 bits per heavy atom. The van der Waals surface area contributed by atoms with Gasteiger partial charge in [0, 0.05) is 13.0 Å². The number of ether oxygens (including phenoxy) is 2. The molecule has 0 aliphatic rings. The molecule has 3 unspecified atom stereocenters. The highest BCUT2D eigenvalue weighted by atomic mass is 31.2. The molecule has 0 rings (SSSR count). The van der Waals surface area contributed by atoms with Gasteiger partial charge in [0.15, 0.2) is 0 Å². The minimum absolute atomic E-state index is 0.0525. The van der Waals surface area contributed by atoms with Gasteiger partial charge in [-0.25, -0.2) is 4.57 Å². The fourth-order valence-electron chi connectivity index (χ4n) is 5.41. The second-order valence-corrected chi connectivity index (χ2v) is 14.8. The quantitative estimate of drug-likeness (QED) is 0.0248. The standard InChI is InChI=1S/C38H75O9P/c1-3-5-7-9-11-12-13-14-15-16-17-18-19-20-21-22-23-25-27-29-31-44-34-37(35-46-48(42,43)45-33-36(40)32-39)47-38(41)30-28-26-24-10-8-6-4-2/h14-15,36-37,39-40H,3-13,16-35H2,1-2H3,(H,42,43)/b15-14-. The van der Waals surface area contributed by atoms with Crippen molar-refractivity contribution < 1.29 is 43.0 Å². The van der Waals surface area contributed by atoms with Gasteiger partial charge in [0.05, 0.1) is 26.4 Å². The molecule has 0 aromatic heterocycles. The van der Waals surface area contributed by atoms with Crippen LogP contribution in [0.25, 0.3) is 0 Å². The minimum Gasteiger partial charge on any atom is -0.457 e. The van der Waals surface area contributed by atoms with Crippen LogP contribution < -0.4 is 0 Å². The van der Waals surface area contributed by atoms with Crippen molar-refractivity contribution in [3.8, 4) is 0 Å². The Balaban J connectivity index is 4.02. The van der Waals surface area contributed by atoms with Crippen molar-refractivity contribution in [2.45, 2.75) is 193 Å². The fourth-order valence-corrected chi connectivity index (χ4v) is 6.20. The van der Waals surface area contributed by atoms with Gasteiger partial charge in [-0.3, -0.25) is 13.8 Å². The lowest BCUT2D eigenvalue weighted by Gasteiger charge is -2.20. The summed E-state index contributed by atoms with van der Waals surface area (Å²) < 4.78 is 33.1. The van der Waals surface area contributed by atoms with E-state index in [4.69, 9.17) is 23.6 Å². The largest absolute Gasteiger partial charge is 0.472 e. The minimum atomic E-state index is -4.50. The molecule has 3 N–H and O–H groups in total. The maximum atomic E-state index is 12.4. The van der Waals surface area contributed by atoms with Gasteiger partial charge in [-0.1, -0.05) is 148 Å². The third-order valence-electron chi connectivity index (χ3n) is 8.45. The van der Waals surface area contributed by atoms with E-state index in [0.29, 0.717) is 6.61 Å². The maximum absolute atomic E-state index is 12.4. The molecule has 0 amide bonds. The number of hydrogen-bond acceptors (Lipinski definition) is 8. The summed E-state index contributed by atoms with van der Waals surface area (Å²) >= 11 is 0. The SMILES string of the molecule is CCCCCCCC/C=C\CCCCCCCCCCCCOCC(COP(=O)(O)OCC(O)CO)OC(=O)CCCCCCCCC. The van der Waals surface area contributed by atoms with Crippen molar-refractivity contribution in [3.05, 3.63) is 12.2 Å². The molecule has 48 heavy (non-hydrogen) atoms. The molecule has 0 spiro atoms. The van der Waals surface area contributed by atoms with Crippen LogP contribution in [0.3, 0.4) is 0 Å². The zero-order chi connectivity index (χ0) is 35.4. The molecule has 9 nitrogen and oxygen atoms in total. The van der Waals surface area contributed by atoms with Crippen LogP contribution in [-0.4, -0.2) is 66.3 Å². The number of allylic oxidation sites excluding steroid dienone is 2. The smallest absolute Gasteiger partial charge is 0.457 e. The van der Waals surface area contributed by atoms with Gasteiger partial charge in [-0.05, 0) is 38.5 Å². The van der Waals surface area contributed by atoms with Crippen LogP contribution >= 0.6 is 7.82 Å². The molecule has 0 aromatic rings. The number of phosphoric acid groups is 1. The van der Waals surface area contributed by atoms with Gasteiger partial charge in [-0.2, -0.15) is 0 Å². The molecule has 0 bridgehead atoms. The molecule has 0 aliphatic carbocycles. The van der Waals surface area contributed by atoms with Gasteiger partial charge < -0.3 is 24.6 Å². The van der Waals surface area contributed by atoms with Crippen molar-refractivity contribution in [2.75, 3.05) is 33.0 Å². The summed E-state index contributed by atoms with van der Waals surface area (Å²) in [7, 11) is -4.50. The molecule has 0 radical (unpaired) electrons. The van der Waals surface area contributed by atoms with Crippen LogP contribution in [0.2, 0.25) is 0 Å². The first-order valence-corrected chi connectivity index (χ1v) is 21.2. The molecule has 0 fully saturated rings. The normalized spacial score (nSPS) is 14.4.